The van der Waals surface area contributed by atoms with Crippen LogP contribution in [0.3, 0.4) is 0 Å². The van der Waals surface area contributed by atoms with E-state index >= 15 is 0 Å². The Hall–Kier alpha value is -1.77. The van der Waals surface area contributed by atoms with Crippen molar-refractivity contribution < 1.29 is 9.53 Å². The lowest BCUT2D eigenvalue weighted by Crippen LogP contribution is -1.85. The van der Waals surface area contributed by atoms with Crippen molar-refractivity contribution in [3.05, 3.63) is 30.5 Å². The molecule has 0 atom stereocenters. The molecule has 0 bridgehead atoms. The van der Waals surface area contributed by atoms with Crippen LogP contribution in [0.15, 0.2) is 30.5 Å². The van der Waals surface area contributed by atoms with Gasteiger partial charge in [-0.05, 0) is 12.1 Å². The summed E-state index contributed by atoms with van der Waals surface area (Å²) in [5, 5.41) is 0.921. The van der Waals surface area contributed by atoms with Gasteiger partial charge in [-0.2, -0.15) is 0 Å². The summed E-state index contributed by atoms with van der Waals surface area (Å²) in [6.07, 6.45) is 1.67. The molecule has 0 spiro atoms. The van der Waals surface area contributed by atoms with E-state index in [1.54, 1.807) is 6.20 Å². The molecule has 0 saturated carbocycles. The second-order valence-electron chi connectivity index (χ2n) is 2.41. The molecule has 0 radical (unpaired) electrons. The van der Waals surface area contributed by atoms with E-state index in [-0.39, 0.29) is 0 Å². The highest BCUT2D eigenvalue weighted by Crippen LogP contribution is 2.23. The van der Waals surface area contributed by atoms with Crippen LogP contribution in [0.1, 0.15) is 0 Å². The number of H-pyrrole nitrogens is 1. The van der Waals surface area contributed by atoms with E-state index < -0.39 is 0 Å². The number of hydrogen-bond donors (Lipinski definition) is 1. The van der Waals surface area contributed by atoms with Gasteiger partial charge in [-0.1, -0.05) is 12.1 Å². The van der Waals surface area contributed by atoms with E-state index in [9.17, 15) is 4.79 Å². The number of ether oxygens (including phenoxy) is 1. The van der Waals surface area contributed by atoms with Gasteiger partial charge in [0, 0.05) is 17.1 Å². The zero-order valence-corrected chi connectivity index (χ0v) is 6.28. The zero-order chi connectivity index (χ0) is 8.39. The van der Waals surface area contributed by atoms with E-state index in [4.69, 9.17) is 4.74 Å². The molecular weight excluding hydrogens is 154 g/mol. The maximum Gasteiger partial charge on any atom is 0.298 e. The molecule has 0 fully saturated rings. The minimum atomic E-state index is 0.426. The minimum absolute atomic E-state index is 0.426. The molecule has 0 aliphatic rings. The summed E-state index contributed by atoms with van der Waals surface area (Å²) in [7, 11) is 0. The van der Waals surface area contributed by atoms with Crippen molar-refractivity contribution in [2.45, 2.75) is 0 Å². The average molecular weight is 161 g/mol. The standard InChI is InChI=1S/C9H7NO2/c11-6-12-9-5-10-8-4-2-1-3-7(8)9/h1-6,10H. The Labute approximate surface area is 69.0 Å². The second kappa shape index (κ2) is 2.70. The van der Waals surface area contributed by atoms with Crippen LogP contribution < -0.4 is 4.74 Å². The lowest BCUT2D eigenvalue weighted by atomic mass is 10.2. The summed E-state index contributed by atoms with van der Waals surface area (Å²) in [5.41, 5.74) is 0.967. The first-order chi connectivity index (χ1) is 5.92. The van der Waals surface area contributed by atoms with Gasteiger partial charge in [0.15, 0.2) is 5.75 Å². The molecule has 2 rings (SSSR count). The molecule has 60 valence electrons. The number of carbonyl (C=O) groups is 1. The molecule has 12 heavy (non-hydrogen) atoms. The van der Waals surface area contributed by atoms with Crippen LogP contribution in [0, 0.1) is 0 Å². The topological polar surface area (TPSA) is 42.1 Å². The molecule has 0 saturated heterocycles. The van der Waals surface area contributed by atoms with Gasteiger partial charge in [0.2, 0.25) is 0 Å². The maximum atomic E-state index is 10.1. The minimum Gasteiger partial charge on any atom is -0.426 e. The van der Waals surface area contributed by atoms with Crippen molar-refractivity contribution in [3.8, 4) is 5.75 Å². The van der Waals surface area contributed by atoms with E-state index in [0.717, 1.165) is 10.9 Å². The average Bonchev–Trinajstić information content (AvgIpc) is 2.50. The number of rotatable bonds is 2. The smallest absolute Gasteiger partial charge is 0.298 e. The summed E-state index contributed by atoms with van der Waals surface area (Å²) < 4.78 is 4.75. The van der Waals surface area contributed by atoms with E-state index in [2.05, 4.69) is 4.98 Å². The number of para-hydroxylation sites is 1. The Kier molecular flexibility index (Phi) is 1.55. The first-order valence-corrected chi connectivity index (χ1v) is 3.58. The number of aromatic amines is 1. The number of hydrogen-bond acceptors (Lipinski definition) is 2. The van der Waals surface area contributed by atoms with Crippen LogP contribution in [-0.4, -0.2) is 11.5 Å². The fourth-order valence-corrected chi connectivity index (χ4v) is 1.19. The number of nitrogens with one attached hydrogen (secondary N) is 1. The van der Waals surface area contributed by atoms with Crippen LogP contribution >= 0.6 is 0 Å². The molecule has 1 N–H and O–H groups in total. The monoisotopic (exact) mass is 161 g/mol. The normalized spacial score (nSPS) is 10.0. The van der Waals surface area contributed by atoms with Gasteiger partial charge < -0.3 is 9.72 Å². The van der Waals surface area contributed by atoms with Gasteiger partial charge in [0.25, 0.3) is 6.47 Å². The van der Waals surface area contributed by atoms with Crippen molar-refractivity contribution >= 4 is 17.4 Å². The molecule has 3 nitrogen and oxygen atoms in total. The largest absolute Gasteiger partial charge is 0.426 e. The molecule has 2 aromatic rings. The summed E-state index contributed by atoms with van der Waals surface area (Å²) in [4.78, 5) is 13.1. The van der Waals surface area contributed by atoms with Crippen LogP contribution in [0.25, 0.3) is 10.9 Å². The van der Waals surface area contributed by atoms with Crippen LogP contribution in [-0.2, 0) is 4.79 Å². The highest BCUT2D eigenvalue weighted by molar-refractivity contribution is 5.86. The summed E-state index contributed by atoms with van der Waals surface area (Å²) >= 11 is 0. The fraction of sp³-hybridized carbons (Fsp3) is 0. The van der Waals surface area contributed by atoms with Crippen LogP contribution in [0.4, 0.5) is 0 Å². The summed E-state index contributed by atoms with van der Waals surface area (Å²) in [5.74, 6) is 0.570. The summed E-state index contributed by atoms with van der Waals surface area (Å²) in [6, 6.07) is 7.63. The van der Waals surface area contributed by atoms with E-state index in [0.29, 0.717) is 12.2 Å². The third-order valence-corrected chi connectivity index (χ3v) is 1.73. The van der Waals surface area contributed by atoms with Crippen molar-refractivity contribution in [1.29, 1.82) is 0 Å². The third-order valence-electron chi connectivity index (χ3n) is 1.73. The Balaban J connectivity index is 2.62. The highest BCUT2D eigenvalue weighted by Gasteiger charge is 2.01. The molecule has 1 aromatic carbocycles. The second-order valence-corrected chi connectivity index (χ2v) is 2.41. The zero-order valence-electron chi connectivity index (χ0n) is 6.28. The quantitative estimate of drug-likeness (QED) is 0.681. The Bertz CT molecular complexity index is 406. The van der Waals surface area contributed by atoms with Crippen molar-refractivity contribution in [3.63, 3.8) is 0 Å². The summed E-state index contributed by atoms with van der Waals surface area (Å²) in [6.45, 7) is 0.426. The first-order valence-electron chi connectivity index (χ1n) is 3.58. The molecule has 3 heteroatoms. The van der Waals surface area contributed by atoms with Gasteiger partial charge >= 0.3 is 0 Å². The van der Waals surface area contributed by atoms with Crippen molar-refractivity contribution in [1.82, 2.24) is 4.98 Å². The molecular formula is C9H7NO2. The molecule has 0 unspecified atom stereocenters. The third kappa shape index (κ3) is 0.955. The predicted molar refractivity (Wildman–Crippen MR) is 45.0 cm³/mol. The Morgan fingerprint density at radius 2 is 2.17 bits per heavy atom. The number of benzene rings is 1. The molecule has 0 aliphatic carbocycles. The van der Waals surface area contributed by atoms with Gasteiger partial charge in [-0.3, -0.25) is 4.79 Å². The van der Waals surface area contributed by atoms with Crippen LogP contribution in [0.2, 0.25) is 0 Å². The first kappa shape index (κ1) is 6.91. The van der Waals surface area contributed by atoms with Crippen LogP contribution in [0.5, 0.6) is 5.75 Å². The molecule has 1 heterocycles. The molecule has 0 aliphatic heterocycles. The van der Waals surface area contributed by atoms with Gasteiger partial charge in [-0.25, -0.2) is 0 Å². The van der Waals surface area contributed by atoms with E-state index in [1.807, 2.05) is 24.3 Å². The molecule has 1 aromatic heterocycles. The molecule has 0 amide bonds. The SMILES string of the molecule is O=COc1c[nH]c2ccccc12. The Morgan fingerprint density at radius 1 is 1.33 bits per heavy atom. The van der Waals surface area contributed by atoms with Crippen molar-refractivity contribution in [2.75, 3.05) is 0 Å². The number of aromatic nitrogens is 1. The number of carbonyl (C=O) groups excluding carboxylic acids is 1. The lowest BCUT2D eigenvalue weighted by molar-refractivity contribution is -0.120. The van der Waals surface area contributed by atoms with Gasteiger partial charge in [0.1, 0.15) is 0 Å². The lowest BCUT2D eigenvalue weighted by Gasteiger charge is -1.92. The van der Waals surface area contributed by atoms with Gasteiger partial charge in [-0.15, -0.1) is 0 Å². The number of fused-ring (bicyclic) bond motifs is 1. The van der Waals surface area contributed by atoms with Crippen molar-refractivity contribution in [2.24, 2.45) is 0 Å². The van der Waals surface area contributed by atoms with Gasteiger partial charge in [0.05, 0.1) is 0 Å². The highest BCUT2D eigenvalue weighted by atomic mass is 16.5. The van der Waals surface area contributed by atoms with E-state index in [1.165, 1.54) is 0 Å². The predicted octanol–water partition coefficient (Wildman–Crippen LogP) is 1.70. The Morgan fingerprint density at radius 3 is 3.00 bits per heavy atom. The maximum absolute atomic E-state index is 10.1. The fourth-order valence-electron chi connectivity index (χ4n) is 1.19.